The summed E-state index contributed by atoms with van der Waals surface area (Å²) in [6.45, 7) is 4.21. The van der Waals surface area contributed by atoms with Crippen LogP contribution in [0.5, 0.6) is 0 Å². The molecule has 0 fully saturated rings. The van der Waals surface area contributed by atoms with Crippen LogP contribution in [0.25, 0.3) is 11.3 Å². The summed E-state index contributed by atoms with van der Waals surface area (Å²) in [5.41, 5.74) is 3.20. The van der Waals surface area contributed by atoms with Crippen molar-refractivity contribution in [2.24, 2.45) is 0 Å². The highest BCUT2D eigenvalue weighted by atomic mass is 16.3. The Morgan fingerprint density at radius 1 is 1.12 bits per heavy atom. The number of rotatable bonds is 3. The fourth-order valence-corrected chi connectivity index (χ4v) is 1.67. The molecule has 3 heteroatoms. The Labute approximate surface area is 101 Å². The van der Waals surface area contributed by atoms with Gasteiger partial charge in [-0.15, -0.1) is 0 Å². The van der Waals surface area contributed by atoms with E-state index in [0.717, 1.165) is 11.3 Å². The van der Waals surface area contributed by atoms with Crippen molar-refractivity contribution in [2.45, 2.75) is 26.4 Å². The molecule has 0 aliphatic carbocycles. The van der Waals surface area contributed by atoms with Gasteiger partial charge in [-0.1, -0.05) is 38.1 Å². The van der Waals surface area contributed by atoms with Gasteiger partial charge in [0.05, 0.1) is 5.69 Å². The number of aromatic nitrogens is 2. The van der Waals surface area contributed by atoms with E-state index in [4.69, 9.17) is 5.11 Å². The van der Waals surface area contributed by atoms with Crippen LogP contribution >= 0.6 is 0 Å². The van der Waals surface area contributed by atoms with Gasteiger partial charge < -0.3 is 5.11 Å². The topological polar surface area (TPSA) is 46.0 Å². The van der Waals surface area contributed by atoms with Gasteiger partial charge in [0.15, 0.2) is 5.82 Å². The van der Waals surface area contributed by atoms with Gasteiger partial charge in [0, 0.05) is 11.8 Å². The van der Waals surface area contributed by atoms with Gasteiger partial charge in [0.1, 0.15) is 6.61 Å². The number of aliphatic hydroxyl groups is 1. The van der Waals surface area contributed by atoms with E-state index in [2.05, 4.69) is 48.1 Å². The smallest absolute Gasteiger partial charge is 0.154 e. The zero-order chi connectivity index (χ0) is 12.3. The Hall–Kier alpha value is -1.74. The Morgan fingerprint density at radius 2 is 1.82 bits per heavy atom. The molecule has 2 rings (SSSR count). The Morgan fingerprint density at radius 3 is 2.41 bits per heavy atom. The first-order valence-corrected chi connectivity index (χ1v) is 5.74. The number of benzene rings is 1. The van der Waals surface area contributed by atoms with Gasteiger partial charge >= 0.3 is 0 Å². The minimum atomic E-state index is -0.127. The van der Waals surface area contributed by atoms with Crippen molar-refractivity contribution in [3.05, 3.63) is 47.9 Å². The number of hydrogen-bond donors (Lipinski definition) is 1. The van der Waals surface area contributed by atoms with Crippen molar-refractivity contribution >= 4 is 0 Å². The van der Waals surface area contributed by atoms with Crippen LogP contribution in [0, 0.1) is 0 Å². The average Bonchev–Trinajstić information content (AvgIpc) is 2.39. The normalized spacial score (nSPS) is 10.8. The van der Waals surface area contributed by atoms with Gasteiger partial charge in [0.25, 0.3) is 0 Å². The third kappa shape index (κ3) is 2.68. The molecule has 0 bridgehead atoms. The largest absolute Gasteiger partial charge is 0.388 e. The highest BCUT2D eigenvalue weighted by molar-refractivity contribution is 5.59. The summed E-state index contributed by atoms with van der Waals surface area (Å²) in [4.78, 5) is 8.24. The standard InChI is InChI=1S/C14H16N2O/c1-10(2)11-3-5-12(6-4-11)13-7-8-15-14(9-17)16-13/h3-8,10,17H,9H2,1-2H3. The van der Waals surface area contributed by atoms with Crippen LogP contribution in [0.1, 0.15) is 31.2 Å². The van der Waals surface area contributed by atoms with Crippen LogP contribution in [0.2, 0.25) is 0 Å². The molecule has 0 aliphatic heterocycles. The molecule has 0 spiro atoms. The molecule has 0 aliphatic rings. The summed E-state index contributed by atoms with van der Waals surface area (Å²) in [7, 11) is 0. The molecule has 0 unspecified atom stereocenters. The van der Waals surface area contributed by atoms with E-state index in [0.29, 0.717) is 11.7 Å². The molecule has 1 aromatic carbocycles. The van der Waals surface area contributed by atoms with Crippen molar-refractivity contribution in [3.8, 4) is 11.3 Å². The minimum absolute atomic E-state index is 0.127. The van der Waals surface area contributed by atoms with E-state index in [1.54, 1.807) is 6.20 Å². The third-order valence-electron chi connectivity index (χ3n) is 2.72. The molecule has 0 saturated heterocycles. The SMILES string of the molecule is CC(C)c1ccc(-c2ccnc(CO)n2)cc1. The zero-order valence-corrected chi connectivity index (χ0v) is 10.1. The molecule has 0 amide bonds. The van der Waals surface area contributed by atoms with Gasteiger partial charge in [0.2, 0.25) is 0 Å². The molecule has 1 aromatic heterocycles. The molecule has 17 heavy (non-hydrogen) atoms. The molecular formula is C14H16N2O. The van der Waals surface area contributed by atoms with Crippen LogP contribution in [-0.4, -0.2) is 15.1 Å². The van der Waals surface area contributed by atoms with Crippen LogP contribution < -0.4 is 0 Å². The highest BCUT2D eigenvalue weighted by Gasteiger charge is 2.03. The lowest BCUT2D eigenvalue weighted by Crippen LogP contribution is -1.95. The summed E-state index contributed by atoms with van der Waals surface area (Å²) < 4.78 is 0. The molecule has 88 valence electrons. The maximum atomic E-state index is 9.00. The van der Waals surface area contributed by atoms with E-state index in [1.165, 1.54) is 5.56 Å². The average molecular weight is 228 g/mol. The van der Waals surface area contributed by atoms with Crippen molar-refractivity contribution in [1.82, 2.24) is 9.97 Å². The molecule has 0 radical (unpaired) electrons. The predicted molar refractivity (Wildman–Crippen MR) is 67.5 cm³/mol. The Bertz CT molecular complexity index is 492. The number of nitrogens with zero attached hydrogens (tertiary/aromatic N) is 2. The number of hydrogen-bond acceptors (Lipinski definition) is 3. The fourth-order valence-electron chi connectivity index (χ4n) is 1.67. The highest BCUT2D eigenvalue weighted by Crippen LogP contribution is 2.20. The van der Waals surface area contributed by atoms with Crippen LogP contribution in [0.15, 0.2) is 36.5 Å². The molecule has 0 atom stereocenters. The summed E-state index contributed by atoms with van der Waals surface area (Å²) in [5, 5.41) is 9.00. The lowest BCUT2D eigenvalue weighted by molar-refractivity contribution is 0.271. The molecule has 0 saturated carbocycles. The summed E-state index contributed by atoms with van der Waals surface area (Å²) in [6, 6.07) is 10.2. The van der Waals surface area contributed by atoms with Gasteiger partial charge in [-0.2, -0.15) is 0 Å². The third-order valence-corrected chi connectivity index (χ3v) is 2.72. The molecule has 2 aromatic rings. The first kappa shape index (κ1) is 11.7. The van der Waals surface area contributed by atoms with E-state index >= 15 is 0 Å². The van der Waals surface area contributed by atoms with Gasteiger partial charge in [-0.3, -0.25) is 0 Å². The Kier molecular flexibility index (Phi) is 3.49. The fraction of sp³-hybridized carbons (Fsp3) is 0.286. The lowest BCUT2D eigenvalue weighted by Gasteiger charge is -2.07. The summed E-state index contributed by atoms with van der Waals surface area (Å²) >= 11 is 0. The van der Waals surface area contributed by atoms with Gasteiger partial charge in [-0.25, -0.2) is 9.97 Å². The molecule has 1 N–H and O–H groups in total. The Balaban J connectivity index is 2.32. The molecule has 1 heterocycles. The van der Waals surface area contributed by atoms with Crippen LogP contribution in [0.3, 0.4) is 0 Å². The predicted octanol–water partition coefficient (Wildman–Crippen LogP) is 2.76. The minimum Gasteiger partial charge on any atom is -0.388 e. The summed E-state index contributed by atoms with van der Waals surface area (Å²) in [5.74, 6) is 0.984. The number of aliphatic hydroxyl groups excluding tert-OH is 1. The van der Waals surface area contributed by atoms with E-state index in [1.807, 2.05) is 6.07 Å². The lowest BCUT2D eigenvalue weighted by atomic mass is 10.0. The summed E-state index contributed by atoms with van der Waals surface area (Å²) in [6.07, 6.45) is 1.67. The van der Waals surface area contributed by atoms with E-state index in [-0.39, 0.29) is 6.61 Å². The van der Waals surface area contributed by atoms with Crippen LogP contribution in [0.4, 0.5) is 0 Å². The van der Waals surface area contributed by atoms with E-state index in [9.17, 15) is 0 Å². The molecule has 3 nitrogen and oxygen atoms in total. The quantitative estimate of drug-likeness (QED) is 0.878. The second-order valence-electron chi connectivity index (χ2n) is 4.29. The second-order valence-corrected chi connectivity index (χ2v) is 4.29. The zero-order valence-electron chi connectivity index (χ0n) is 10.1. The second kappa shape index (κ2) is 5.06. The van der Waals surface area contributed by atoms with Gasteiger partial charge in [-0.05, 0) is 17.5 Å². The van der Waals surface area contributed by atoms with Crippen molar-refractivity contribution < 1.29 is 5.11 Å². The van der Waals surface area contributed by atoms with Crippen LogP contribution in [-0.2, 0) is 6.61 Å². The maximum Gasteiger partial charge on any atom is 0.154 e. The van der Waals surface area contributed by atoms with E-state index < -0.39 is 0 Å². The monoisotopic (exact) mass is 228 g/mol. The first-order valence-electron chi connectivity index (χ1n) is 5.74. The molecular weight excluding hydrogens is 212 g/mol. The first-order chi connectivity index (χ1) is 8.20. The van der Waals surface area contributed by atoms with Crippen molar-refractivity contribution in [2.75, 3.05) is 0 Å². The van der Waals surface area contributed by atoms with Crippen molar-refractivity contribution in [3.63, 3.8) is 0 Å². The van der Waals surface area contributed by atoms with Crippen molar-refractivity contribution in [1.29, 1.82) is 0 Å². The maximum absolute atomic E-state index is 9.00.